The number of benzene rings is 1. The summed E-state index contributed by atoms with van der Waals surface area (Å²) in [6, 6.07) is 4.70. The van der Waals surface area contributed by atoms with Crippen LogP contribution < -0.4 is 0 Å². The minimum atomic E-state index is -0.547. The number of nitro groups is 1. The Balaban J connectivity index is 2.15. The van der Waals surface area contributed by atoms with Gasteiger partial charge in [-0.2, -0.15) is 0 Å². The van der Waals surface area contributed by atoms with Gasteiger partial charge in [0.05, 0.1) is 4.92 Å². The molecule has 1 aliphatic rings. The molecule has 0 spiro atoms. The number of piperidine rings is 1. The molecule has 0 atom stereocenters. The summed E-state index contributed by atoms with van der Waals surface area (Å²) in [6.07, 6.45) is 3.57. The number of hydrogen-bond acceptors (Lipinski definition) is 4. The SMILES string of the molecule is O=[N+]([O-])c1cccc(CN2CCCCC2)c1O. The van der Waals surface area contributed by atoms with Crippen molar-refractivity contribution in [1.29, 1.82) is 0 Å². The number of hydrogen-bond donors (Lipinski definition) is 1. The summed E-state index contributed by atoms with van der Waals surface area (Å²) in [4.78, 5) is 12.4. The highest BCUT2D eigenvalue weighted by Crippen LogP contribution is 2.30. The lowest BCUT2D eigenvalue weighted by atomic mass is 10.1. The number of para-hydroxylation sites is 1. The Bertz CT molecular complexity index is 414. The van der Waals surface area contributed by atoms with Gasteiger partial charge >= 0.3 is 5.69 Å². The Labute approximate surface area is 99.8 Å². The van der Waals surface area contributed by atoms with Crippen LogP contribution in [0.1, 0.15) is 24.8 Å². The second kappa shape index (κ2) is 5.14. The van der Waals surface area contributed by atoms with Gasteiger partial charge in [0.25, 0.3) is 0 Å². The van der Waals surface area contributed by atoms with Crippen molar-refractivity contribution in [1.82, 2.24) is 4.90 Å². The molecule has 0 saturated carbocycles. The molecule has 2 rings (SSSR count). The molecule has 0 aliphatic carbocycles. The van der Waals surface area contributed by atoms with Gasteiger partial charge in [-0.1, -0.05) is 18.6 Å². The maximum absolute atomic E-state index is 10.7. The predicted octanol–water partition coefficient (Wildman–Crippen LogP) is 2.29. The smallest absolute Gasteiger partial charge is 0.311 e. The van der Waals surface area contributed by atoms with Crippen LogP contribution in [0.15, 0.2) is 18.2 Å². The van der Waals surface area contributed by atoms with Gasteiger partial charge in [0.15, 0.2) is 5.75 Å². The lowest BCUT2D eigenvalue weighted by molar-refractivity contribution is -0.385. The molecule has 92 valence electrons. The third-order valence-electron chi connectivity index (χ3n) is 3.14. The fraction of sp³-hybridized carbons (Fsp3) is 0.500. The van der Waals surface area contributed by atoms with E-state index in [1.165, 1.54) is 12.5 Å². The number of nitro benzene ring substituents is 1. The van der Waals surface area contributed by atoms with Crippen LogP contribution in [0.25, 0.3) is 0 Å². The lowest BCUT2D eigenvalue weighted by Crippen LogP contribution is -2.29. The molecule has 0 amide bonds. The summed E-state index contributed by atoms with van der Waals surface area (Å²) in [5, 5.41) is 20.5. The first-order valence-corrected chi connectivity index (χ1v) is 5.86. The second-order valence-electron chi connectivity index (χ2n) is 4.38. The second-order valence-corrected chi connectivity index (χ2v) is 4.38. The molecule has 0 radical (unpaired) electrons. The van der Waals surface area contributed by atoms with E-state index in [1.807, 2.05) is 0 Å². The van der Waals surface area contributed by atoms with Gasteiger partial charge in [-0.3, -0.25) is 15.0 Å². The third kappa shape index (κ3) is 2.74. The summed E-state index contributed by atoms with van der Waals surface area (Å²) in [7, 11) is 0. The van der Waals surface area contributed by atoms with E-state index in [0.29, 0.717) is 12.1 Å². The zero-order valence-corrected chi connectivity index (χ0v) is 9.63. The molecule has 0 unspecified atom stereocenters. The largest absolute Gasteiger partial charge is 0.502 e. The van der Waals surface area contributed by atoms with E-state index in [2.05, 4.69) is 4.90 Å². The number of phenolic OH excluding ortho intramolecular Hbond substituents is 1. The number of rotatable bonds is 3. The first kappa shape index (κ1) is 11.9. The van der Waals surface area contributed by atoms with Gasteiger partial charge in [-0.15, -0.1) is 0 Å². The minimum absolute atomic E-state index is 0.192. The fourth-order valence-corrected chi connectivity index (χ4v) is 2.21. The van der Waals surface area contributed by atoms with Crippen molar-refractivity contribution in [2.45, 2.75) is 25.8 Å². The molecule has 1 N–H and O–H groups in total. The van der Waals surface area contributed by atoms with Gasteiger partial charge in [-0.25, -0.2) is 0 Å². The normalized spacial score (nSPS) is 16.9. The van der Waals surface area contributed by atoms with Crippen molar-refractivity contribution in [2.75, 3.05) is 13.1 Å². The Kier molecular flexibility index (Phi) is 3.58. The molecule has 5 nitrogen and oxygen atoms in total. The maximum Gasteiger partial charge on any atom is 0.311 e. The molecular weight excluding hydrogens is 220 g/mol. The molecule has 1 heterocycles. The Morgan fingerprint density at radius 1 is 1.29 bits per heavy atom. The van der Waals surface area contributed by atoms with Crippen molar-refractivity contribution in [3.05, 3.63) is 33.9 Å². The molecule has 17 heavy (non-hydrogen) atoms. The Morgan fingerprint density at radius 3 is 2.65 bits per heavy atom. The standard InChI is InChI=1S/C12H16N2O3/c15-12-10(5-4-6-11(12)14(16)17)9-13-7-2-1-3-8-13/h4-6,15H,1-3,7-9H2. The number of phenols is 1. The first-order valence-electron chi connectivity index (χ1n) is 5.86. The molecule has 0 bridgehead atoms. The van der Waals surface area contributed by atoms with Gasteiger partial charge < -0.3 is 5.11 Å². The highest BCUT2D eigenvalue weighted by Gasteiger charge is 2.18. The summed E-state index contributed by atoms with van der Waals surface area (Å²) in [5.74, 6) is -0.192. The van der Waals surface area contributed by atoms with Gasteiger partial charge in [-0.05, 0) is 25.9 Å². The lowest BCUT2D eigenvalue weighted by Gasteiger charge is -2.26. The number of likely N-dealkylation sites (tertiary alicyclic amines) is 1. The Hall–Kier alpha value is -1.62. The highest BCUT2D eigenvalue weighted by molar-refractivity contribution is 5.50. The number of aromatic hydroxyl groups is 1. The highest BCUT2D eigenvalue weighted by atomic mass is 16.6. The van der Waals surface area contributed by atoms with Crippen LogP contribution in [-0.2, 0) is 6.54 Å². The molecule has 0 aromatic heterocycles. The van der Waals surface area contributed by atoms with E-state index in [9.17, 15) is 15.2 Å². The van der Waals surface area contributed by atoms with Gasteiger partial charge in [0.2, 0.25) is 0 Å². The quantitative estimate of drug-likeness (QED) is 0.646. The molecule has 1 saturated heterocycles. The van der Waals surface area contributed by atoms with Gasteiger partial charge in [0.1, 0.15) is 0 Å². The summed E-state index contributed by atoms with van der Waals surface area (Å²) >= 11 is 0. The average Bonchev–Trinajstić information content (AvgIpc) is 2.33. The van der Waals surface area contributed by atoms with E-state index in [1.54, 1.807) is 12.1 Å². The van der Waals surface area contributed by atoms with E-state index in [-0.39, 0.29) is 11.4 Å². The van der Waals surface area contributed by atoms with E-state index < -0.39 is 4.92 Å². The zero-order valence-electron chi connectivity index (χ0n) is 9.63. The molecule has 1 fully saturated rings. The Morgan fingerprint density at radius 2 is 2.00 bits per heavy atom. The molecule has 1 aromatic carbocycles. The third-order valence-corrected chi connectivity index (χ3v) is 3.14. The summed E-state index contributed by atoms with van der Waals surface area (Å²) in [6.45, 7) is 2.60. The predicted molar refractivity (Wildman–Crippen MR) is 63.9 cm³/mol. The van der Waals surface area contributed by atoms with Crippen LogP contribution >= 0.6 is 0 Å². The van der Waals surface area contributed by atoms with E-state index in [0.717, 1.165) is 25.9 Å². The zero-order chi connectivity index (χ0) is 12.3. The topological polar surface area (TPSA) is 66.6 Å². The van der Waals surface area contributed by atoms with Crippen molar-refractivity contribution in [2.24, 2.45) is 0 Å². The molecule has 1 aromatic rings. The summed E-state index contributed by atoms with van der Waals surface area (Å²) in [5.41, 5.74) is 0.431. The van der Waals surface area contributed by atoms with Crippen LogP contribution in [0.4, 0.5) is 5.69 Å². The van der Waals surface area contributed by atoms with Crippen LogP contribution in [0.3, 0.4) is 0 Å². The van der Waals surface area contributed by atoms with Crippen molar-refractivity contribution < 1.29 is 10.0 Å². The van der Waals surface area contributed by atoms with Gasteiger partial charge in [0, 0.05) is 18.2 Å². The van der Waals surface area contributed by atoms with E-state index >= 15 is 0 Å². The maximum atomic E-state index is 10.7. The number of nitrogens with zero attached hydrogens (tertiary/aromatic N) is 2. The van der Waals surface area contributed by atoms with Crippen LogP contribution in [0, 0.1) is 10.1 Å². The van der Waals surface area contributed by atoms with Crippen molar-refractivity contribution in [3.63, 3.8) is 0 Å². The fourth-order valence-electron chi connectivity index (χ4n) is 2.21. The van der Waals surface area contributed by atoms with Crippen LogP contribution in [0.5, 0.6) is 5.75 Å². The van der Waals surface area contributed by atoms with Crippen LogP contribution in [0.2, 0.25) is 0 Å². The molecule has 1 aliphatic heterocycles. The molecular formula is C12H16N2O3. The molecule has 5 heteroatoms. The van der Waals surface area contributed by atoms with E-state index in [4.69, 9.17) is 0 Å². The summed E-state index contributed by atoms with van der Waals surface area (Å²) < 4.78 is 0. The first-order chi connectivity index (χ1) is 8.18. The average molecular weight is 236 g/mol. The van der Waals surface area contributed by atoms with Crippen LogP contribution in [-0.4, -0.2) is 28.0 Å². The minimum Gasteiger partial charge on any atom is -0.502 e. The van der Waals surface area contributed by atoms with Crippen molar-refractivity contribution >= 4 is 5.69 Å². The monoisotopic (exact) mass is 236 g/mol. The van der Waals surface area contributed by atoms with Crippen molar-refractivity contribution in [3.8, 4) is 5.75 Å².